The van der Waals surface area contributed by atoms with E-state index in [0.717, 1.165) is 11.4 Å². The second kappa shape index (κ2) is 7.35. The Morgan fingerprint density at radius 2 is 2.35 bits per heavy atom. The van der Waals surface area contributed by atoms with Crippen molar-refractivity contribution in [1.29, 1.82) is 0 Å². The van der Waals surface area contributed by atoms with Crippen LogP contribution in [-0.4, -0.2) is 28.5 Å². The maximum atomic E-state index is 6.22. The lowest BCUT2D eigenvalue weighted by molar-refractivity contribution is 0.181. The van der Waals surface area contributed by atoms with Gasteiger partial charge in [0.2, 0.25) is 0 Å². The van der Waals surface area contributed by atoms with E-state index in [2.05, 4.69) is 15.5 Å². The first-order chi connectivity index (χ1) is 9.76. The third-order valence-electron chi connectivity index (χ3n) is 3.01. The maximum Gasteiger partial charge on any atom is 0.0834 e. The van der Waals surface area contributed by atoms with Gasteiger partial charge < -0.3 is 4.74 Å². The number of hydrazine groups is 1. The Hall–Kier alpha value is -1.47. The molecule has 3 N–H and O–H groups in total. The molecule has 0 aliphatic carbocycles. The summed E-state index contributed by atoms with van der Waals surface area (Å²) in [6.07, 6.45) is 4.01. The smallest absolute Gasteiger partial charge is 0.0834 e. The first-order valence-electron chi connectivity index (χ1n) is 6.32. The number of hydrogen-bond donors (Lipinski definition) is 2. The van der Waals surface area contributed by atoms with E-state index < -0.39 is 0 Å². The molecule has 0 aromatic carbocycles. The molecule has 0 bridgehead atoms. The summed E-state index contributed by atoms with van der Waals surface area (Å²) in [5, 5.41) is 4.84. The van der Waals surface area contributed by atoms with Crippen LogP contribution in [-0.2, 0) is 17.7 Å². The van der Waals surface area contributed by atoms with Crippen molar-refractivity contribution in [3.63, 3.8) is 0 Å². The van der Waals surface area contributed by atoms with Gasteiger partial charge in [-0.1, -0.05) is 17.7 Å². The van der Waals surface area contributed by atoms with Gasteiger partial charge in [-0.3, -0.25) is 20.9 Å². The lowest BCUT2D eigenvalue weighted by atomic mass is 10.1. The summed E-state index contributed by atoms with van der Waals surface area (Å²) < 4.78 is 6.88. The minimum Gasteiger partial charge on any atom is -0.383 e. The molecule has 1 atom stereocenters. The van der Waals surface area contributed by atoms with Crippen molar-refractivity contribution in [3.05, 3.63) is 47.0 Å². The third-order valence-corrected chi connectivity index (χ3v) is 3.30. The zero-order valence-corrected chi connectivity index (χ0v) is 12.0. The number of halogens is 1. The van der Waals surface area contributed by atoms with Crippen LogP contribution in [0.25, 0.3) is 0 Å². The number of aromatic nitrogens is 3. The van der Waals surface area contributed by atoms with Crippen molar-refractivity contribution in [3.8, 4) is 0 Å². The van der Waals surface area contributed by atoms with Crippen LogP contribution in [0, 0.1) is 0 Å². The standard InChI is InChI=1S/C13H18ClN5O/c1-20-7-6-19-13(11(14)9-17-19)12(18-15)8-10-4-2-3-5-16-10/h2-5,9,12,18H,6-8,15H2,1H3. The fourth-order valence-corrected chi connectivity index (χ4v) is 2.31. The molecule has 1 unspecified atom stereocenters. The van der Waals surface area contributed by atoms with Crippen molar-refractivity contribution >= 4 is 11.6 Å². The van der Waals surface area contributed by atoms with Crippen LogP contribution in [0.4, 0.5) is 0 Å². The zero-order valence-electron chi connectivity index (χ0n) is 11.3. The zero-order chi connectivity index (χ0) is 14.4. The van der Waals surface area contributed by atoms with Gasteiger partial charge in [0.05, 0.1) is 36.1 Å². The van der Waals surface area contributed by atoms with E-state index in [4.69, 9.17) is 22.2 Å². The lowest BCUT2D eigenvalue weighted by Gasteiger charge is -2.18. The average Bonchev–Trinajstić information content (AvgIpc) is 2.84. The van der Waals surface area contributed by atoms with E-state index in [1.165, 1.54) is 0 Å². The van der Waals surface area contributed by atoms with Crippen LogP contribution in [0.1, 0.15) is 17.4 Å². The molecule has 0 radical (unpaired) electrons. The van der Waals surface area contributed by atoms with Crippen molar-refractivity contribution in [1.82, 2.24) is 20.2 Å². The first kappa shape index (κ1) is 14.9. The Morgan fingerprint density at radius 3 is 3.00 bits per heavy atom. The molecule has 2 rings (SSSR count). The van der Waals surface area contributed by atoms with Crippen molar-refractivity contribution in [2.75, 3.05) is 13.7 Å². The molecular weight excluding hydrogens is 278 g/mol. The van der Waals surface area contributed by atoms with Gasteiger partial charge in [-0.05, 0) is 12.1 Å². The SMILES string of the molecule is COCCn1ncc(Cl)c1C(Cc1ccccn1)NN. The minimum absolute atomic E-state index is 0.156. The predicted molar refractivity (Wildman–Crippen MR) is 77.1 cm³/mol. The fraction of sp³-hybridized carbons (Fsp3) is 0.385. The summed E-state index contributed by atoms with van der Waals surface area (Å²) in [5.74, 6) is 5.67. The van der Waals surface area contributed by atoms with Crippen LogP contribution in [0.15, 0.2) is 30.6 Å². The molecular formula is C13H18ClN5O. The molecule has 2 heterocycles. The summed E-state index contributed by atoms with van der Waals surface area (Å²) in [4.78, 5) is 4.30. The number of nitrogens with two attached hydrogens (primary N) is 1. The van der Waals surface area contributed by atoms with Gasteiger partial charge in [0.1, 0.15) is 0 Å². The van der Waals surface area contributed by atoms with Gasteiger partial charge in [0.15, 0.2) is 0 Å². The highest BCUT2D eigenvalue weighted by Crippen LogP contribution is 2.24. The first-order valence-corrected chi connectivity index (χ1v) is 6.70. The largest absolute Gasteiger partial charge is 0.383 e. The highest BCUT2D eigenvalue weighted by atomic mass is 35.5. The number of hydrogen-bond acceptors (Lipinski definition) is 5. The summed E-state index contributed by atoms with van der Waals surface area (Å²) in [5.41, 5.74) is 4.56. The molecule has 0 amide bonds. The summed E-state index contributed by atoms with van der Waals surface area (Å²) in [7, 11) is 1.65. The highest BCUT2D eigenvalue weighted by molar-refractivity contribution is 6.31. The van der Waals surface area contributed by atoms with Crippen molar-refractivity contribution in [2.24, 2.45) is 5.84 Å². The Morgan fingerprint density at radius 1 is 1.50 bits per heavy atom. The normalized spacial score (nSPS) is 12.6. The van der Waals surface area contributed by atoms with Gasteiger partial charge >= 0.3 is 0 Å². The molecule has 0 saturated carbocycles. The van der Waals surface area contributed by atoms with Crippen LogP contribution in [0.3, 0.4) is 0 Å². The predicted octanol–water partition coefficient (Wildman–Crippen LogP) is 1.32. The molecule has 108 valence electrons. The Labute approximate surface area is 122 Å². The number of ether oxygens (including phenoxy) is 1. The molecule has 6 nitrogen and oxygen atoms in total. The quantitative estimate of drug-likeness (QED) is 0.595. The van der Waals surface area contributed by atoms with Crippen LogP contribution < -0.4 is 11.3 Å². The third kappa shape index (κ3) is 3.55. The topological polar surface area (TPSA) is 78.0 Å². The Kier molecular flexibility index (Phi) is 5.49. The molecule has 0 aliphatic rings. The van der Waals surface area contributed by atoms with E-state index >= 15 is 0 Å². The highest BCUT2D eigenvalue weighted by Gasteiger charge is 2.20. The monoisotopic (exact) mass is 295 g/mol. The second-order valence-corrected chi connectivity index (χ2v) is 4.75. The fourth-order valence-electron chi connectivity index (χ4n) is 2.04. The van der Waals surface area contributed by atoms with Crippen molar-refractivity contribution < 1.29 is 4.74 Å². The molecule has 0 spiro atoms. The molecule has 2 aromatic rings. The van der Waals surface area contributed by atoms with Gasteiger partial charge in [-0.2, -0.15) is 5.10 Å². The van der Waals surface area contributed by atoms with Crippen LogP contribution >= 0.6 is 11.6 Å². The Bertz CT molecular complexity index is 531. The molecule has 2 aromatic heterocycles. The number of nitrogens with zero attached hydrogens (tertiary/aromatic N) is 3. The number of nitrogens with one attached hydrogen (secondary N) is 1. The summed E-state index contributed by atoms with van der Waals surface area (Å²) in [6, 6.07) is 5.62. The van der Waals surface area contributed by atoms with E-state index in [9.17, 15) is 0 Å². The van der Waals surface area contributed by atoms with E-state index in [0.29, 0.717) is 24.6 Å². The van der Waals surface area contributed by atoms with E-state index in [1.807, 2.05) is 18.2 Å². The van der Waals surface area contributed by atoms with Crippen LogP contribution in [0.5, 0.6) is 0 Å². The van der Waals surface area contributed by atoms with Crippen LogP contribution in [0.2, 0.25) is 5.02 Å². The minimum atomic E-state index is -0.156. The average molecular weight is 296 g/mol. The molecule has 0 aliphatic heterocycles. The number of rotatable bonds is 7. The van der Waals surface area contributed by atoms with Gasteiger partial charge in [0.25, 0.3) is 0 Å². The Balaban J connectivity index is 2.20. The van der Waals surface area contributed by atoms with Gasteiger partial charge in [0, 0.05) is 25.4 Å². The second-order valence-electron chi connectivity index (χ2n) is 4.34. The number of pyridine rings is 1. The molecule has 0 saturated heterocycles. The van der Waals surface area contributed by atoms with Crippen molar-refractivity contribution in [2.45, 2.75) is 19.0 Å². The lowest BCUT2D eigenvalue weighted by Crippen LogP contribution is -2.32. The molecule has 0 fully saturated rings. The summed E-state index contributed by atoms with van der Waals surface area (Å²) >= 11 is 6.22. The molecule has 7 heteroatoms. The summed E-state index contributed by atoms with van der Waals surface area (Å²) in [6.45, 7) is 1.19. The van der Waals surface area contributed by atoms with E-state index in [1.54, 1.807) is 24.2 Å². The number of methoxy groups -OCH3 is 1. The molecule has 20 heavy (non-hydrogen) atoms. The van der Waals surface area contributed by atoms with Gasteiger partial charge in [-0.25, -0.2) is 0 Å². The van der Waals surface area contributed by atoms with E-state index in [-0.39, 0.29) is 6.04 Å². The van der Waals surface area contributed by atoms with Gasteiger partial charge in [-0.15, -0.1) is 0 Å². The maximum absolute atomic E-state index is 6.22.